The maximum atomic E-state index is 10.7. The largest absolute Gasteiger partial charge is 0.478 e. The third-order valence-electron chi connectivity index (χ3n) is 2.03. The zero-order valence-corrected chi connectivity index (χ0v) is 9.20. The van der Waals surface area contributed by atoms with Gasteiger partial charge in [0.05, 0.1) is 11.3 Å². The van der Waals surface area contributed by atoms with Crippen molar-refractivity contribution in [2.75, 3.05) is 5.32 Å². The van der Waals surface area contributed by atoms with Gasteiger partial charge < -0.3 is 10.4 Å². The quantitative estimate of drug-likeness (QED) is 0.853. The smallest absolute Gasteiger partial charge is 0.336 e. The number of anilines is 1. The number of carboxylic acids is 1. The summed E-state index contributed by atoms with van der Waals surface area (Å²) in [6.07, 6.45) is 3.44. The van der Waals surface area contributed by atoms with Crippen LogP contribution in [0.3, 0.4) is 0 Å². The van der Waals surface area contributed by atoms with E-state index in [0.29, 0.717) is 12.1 Å². The molecule has 0 saturated carbocycles. The Labute approximate surface area is 96.6 Å². The van der Waals surface area contributed by atoms with Crippen LogP contribution in [-0.4, -0.2) is 16.1 Å². The highest BCUT2D eigenvalue weighted by molar-refractivity contribution is 7.10. The molecule has 0 aliphatic carbocycles. The van der Waals surface area contributed by atoms with E-state index in [9.17, 15) is 4.79 Å². The molecule has 0 amide bonds. The molecule has 0 bridgehead atoms. The van der Waals surface area contributed by atoms with E-state index in [1.807, 2.05) is 12.1 Å². The maximum absolute atomic E-state index is 10.7. The van der Waals surface area contributed by atoms with Crippen LogP contribution in [0.4, 0.5) is 5.69 Å². The molecule has 2 aromatic heterocycles. The minimum absolute atomic E-state index is 0.341. The van der Waals surface area contributed by atoms with Gasteiger partial charge in [-0.2, -0.15) is 0 Å². The summed E-state index contributed by atoms with van der Waals surface area (Å²) >= 11 is 1.43. The molecule has 0 spiro atoms. The van der Waals surface area contributed by atoms with Gasteiger partial charge in [-0.3, -0.25) is 4.98 Å². The van der Waals surface area contributed by atoms with Gasteiger partial charge in [0.25, 0.3) is 0 Å². The van der Waals surface area contributed by atoms with Crippen molar-refractivity contribution in [2.45, 2.75) is 6.54 Å². The van der Waals surface area contributed by atoms with Gasteiger partial charge in [0.1, 0.15) is 0 Å². The van der Waals surface area contributed by atoms with E-state index in [4.69, 9.17) is 5.11 Å². The molecule has 4 nitrogen and oxygen atoms in total. The van der Waals surface area contributed by atoms with Gasteiger partial charge in [0, 0.05) is 29.2 Å². The molecule has 0 aliphatic heterocycles. The van der Waals surface area contributed by atoms with Gasteiger partial charge in [0.2, 0.25) is 0 Å². The van der Waals surface area contributed by atoms with Crippen LogP contribution in [0.25, 0.3) is 0 Å². The standard InChI is InChI=1S/C11H10N2O2S/c14-11(15)8-4-10(16-7-8)6-13-9-2-1-3-12-5-9/h1-5,7,13H,6H2,(H,14,15). The van der Waals surface area contributed by atoms with Crippen LogP contribution in [0, 0.1) is 0 Å². The van der Waals surface area contributed by atoms with Gasteiger partial charge in [-0.1, -0.05) is 0 Å². The summed E-state index contributed by atoms with van der Waals surface area (Å²) < 4.78 is 0. The lowest BCUT2D eigenvalue weighted by Crippen LogP contribution is -1.98. The zero-order valence-electron chi connectivity index (χ0n) is 8.38. The Balaban J connectivity index is 1.97. The van der Waals surface area contributed by atoms with Crippen LogP contribution in [0.1, 0.15) is 15.2 Å². The van der Waals surface area contributed by atoms with Crippen LogP contribution in [0.2, 0.25) is 0 Å². The first-order chi connectivity index (χ1) is 7.75. The van der Waals surface area contributed by atoms with Gasteiger partial charge >= 0.3 is 5.97 Å². The number of nitrogens with zero attached hydrogens (tertiary/aromatic N) is 1. The highest BCUT2D eigenvalue weighted by atomic mass is 32.1. The summed E-state index contributed by atoms with van der Waals surface area (Å²) in [4.78, 5) is 15.6. The van der Waals surface area contributed by atoms with Crippen LogP contribution in [0.15, 0.2) is 36.0 Å². The molecule has 0 aliphatic rings. The second kappa shape index (κ2) is 4.76. The highest BCUT2D eigenvalue weighted by Crippen LogP contribution is 2.16. The number of hydrogen-bond donors (Lipinski definition) is 2. The Morgan fingerprint density at radius 1 is 1.56 bits per heavy atom. The highest BCUT2D eigenvalue weighted by Gasteiger charge is 2.05. The molecule has 0 radical (unpaired) electrons. The summed E-state index contributed by atoms with van der Waals surface area (Å²) in [5.41, 5.74) is 1.26. The van der Waals surface area contributed by atoms with Crippen LogP contribution in [0.5, 0.6) is 0 Å². The fraction of sp³-hybridized carbons (Fsp3) is 0.0909. The Kier molecular flexibility index (Phi) is 3.16. The Morgan fingerprint density at radius 3 is 3.06 bits per heavy atom. The molecule has 2 N–H and O–H groups in total. The maximum Gasteiger partial charge on any atom is 0.336 e. The lowest BCUT2D eigenvalue weighted by molar-refractivity contribution is 0.0697. The van der Waals surface area contributed by atoms with E-state index < -0.39 is 5.97 Å². The van der Waals surface area contributed by atoms with E-state index in [0.717, 1.165) is 10.6 Å². The molecule has 16 heavy (non-hydrogen) atoms. The van der Waals surface area contributed by atoms with Gasteiger partial charge in [0.15, 0.2) is 0 Å². The number of nitrogens with one attached hydrogen (secondary N) is 1. The second-order valence-electron chi connectivity index (χ2n) is 3.20. The Hall–Kier alpha value is -1.88. The summed E-state index contributed by atoms with van der Waals surface area (Å²) in [6.45, 7) is 0.615. The van der Waals surface area contributed by atoms with Crippen molar-refractivity contribution in [1.82, 2.24) is 4.98 Å². The first-order valence-corrected chi connectivity index (χ1v) is 5.58. The minimum Gasteiger partial charge on any atom is -0.478 e. The van der Waals surface area contributed by atoms with E-state index in [1.54, 1.807) is 23.8 Å². The molecule has 5 heteroatoms. The predicted octanol–water partition coefficient (Wildman–Crippen LogP) is 2.45. The number of pyridine rings is 1. The summed E-state index contributed by atoms with van der Waals surface area (Å²) in [5, 5.41) is 13.6. The monoisotopic (exact) mass is 234 g/mol. The minimum atomic E-state index is -0.885. The topological polar surface area (TPSA) is 62.2 Å². The van der Waals surface area contributed by atoms with E-state index >= 15 is 0 Å². The van der Waals surface area contributed by atoms with Crippen LogP contribution in [-0.2, 0) is 6.54 Å². The zero-order chi connectivity index (χ0) is 11.4. The average molecular weight is 234 g/mol. The van der Waals surface area contributed by atoms with E-state index in [1.165, 1.54) is 11.3 Å². The first-order valence-electron chi connectivity index (χ1n) is 4.70. The molecule has 2 aromatic rings. The van der Waals surface area contributed by atoms with Gasteiger partial charge in [-0.15, -0.1) is 11.3 Å². The number of thiophene rings is 1. The number of aromatic nitrogens is 1. The van der Waals surface area contributed by atoms with Crippen LogP contribution >= 0.6 is 11.3 Å². The molecular formula is C11H10N2O2S. The second-order valence-corrected chi connectivity index (χ2v) is 4.20. The third kappa shape index (κ3) is 2.58. The van der Waals surface area contributed by atoms with Gasteiger partial charge in [-0.25, -0.2) is 4.79 Å². The Morgan fingerprint density at radius 2 is 2.44 bits per heavy atom. The molecule has 82 valence electrons. The van der Waals surface area contributed by atoms with E-state index in [2.05, 4.69) is 10.3 Å². The average Bonchev–Trinajstić information content (AvgIpc) is 2.76. The SMILES string of the molecule is O=C(O)c1csc(CNc2cccnc2)c1. The van der Waals surface area contributed by atoms with Crippen molar-refractivity contribution in [1.29, 1.82) is 0 Å². The van der Waals surface area contributed by atoms with Gasteiger partial charge in [-0.05, 0) is 18.2 Å². The molecule has 0 fully saturated rings. The normalized spacial score (nSPS) is 10.0. The number of carboxylic acid groups (broad SMARTS) is 1. The number of carbonyl (C=O) groups is 1. The molecule has 0 saturated heterocycles. The summed E-state index contributed by atoms with van der Waals surface area (Å²) in [5.74, 6) is -0.885. The van der Waals surface area contributed by atoms with Crippen molar-refractivity contribution in [2.24, 2.45) is 0 Å². The Bertz CT molecular complexity index is 482. The predicted molar refractivity (Wildman–Crippen MR) is 62.8 cm³/mol. The molecule has 2 heterocycles. The van der Waals surface area contributed by atoms with E-state index in [-0.39, 0.29) is 0 Å². The van der Waals surface area contributed by atoms with Crippen LogP contribution < -0.4 is 5.32 Å². The number of rotatable bonds is 4. The lowest BCUT2D eigenvalue weighted by atomic mass is 10.3. The molecule has 0 atom stereocenters. The van der Waals surface area contributed by atoms with Crippen molar-refractivity contribution < 1.29 is 9.90 Å². The molecule has 0 aromatic carbocycles. The summed E-state index contributed by atoms with van der Waals surface area (Å²) in [6, 6.07) is 5.44. The van der Waals surface area contributed by atoms with Crippen molar-refractivity contribution in [3.8, 4) is 0 Å². The van der Waals surface area contributed by atoms with Crippen molar-refractivity contribution in [3.63, 3.8) is 0 Å². The molecule has 0 unspecified atom stereocenters. The number of hydrogen-bond acceptors (Lipinski definition) is 4. The number of aromatic carboxylic acids is 1. The fourth-order valence-electron chi connectivity index (χ4n) is 1.24. The first kappa shape index (κ1) is 10.6. The third-order valence-corrected chi connectivity index (χ3v) is 2.97. The summed E-state index contributed by atoms with van der Waals surface area (Å²) in [7, 11) is 0. The molecular weight excluding hydrogens is 224 g/mol. The molecule has 2 rings (SSSR count). The lowest BCUT2D eigenvalue weighted by Gasteiger charge is -2.02. The van der Waals surface area contributed by atoms with Crippen molar-refractivity contribution in [3.05, 3.63) is 46.4 Å². The van der Waals surface area contributed by atoms with Crippen molar-refractivity contribution >= 4 is 23.0 Å². The fourth-order valence-corrected chi connectivity index (χ4v) is 2.04.